The van der Waals surface area contributed by atoms with Gasteiger partial charge in [0.25, 0.3) is 0 Å². The summed E-state index contributed by atoms with van der Waals surface area (Å²) in [6.45, 7) is 1.26. The smallest absolute Gasteiger partial charge is 0.221 e. The average Bonchev–Trinajstić information content (AvgIpc) is 2.70. The molecule has 2 heterocycles. The zero-order valence-electron chi connectivity index (χ0n) is 7.40. The predicted octanol–water partition coefficient (Wildman–Crippen LogP) is 1.14. The molecule has 2 rings (SSSR count). The second kappa shape index (κ2) is 3.72. The van der Waals surface area contributed by atoms with Crippen molar-refractivity contribution >= 4 is 0 Å². The van der Waals surface area contributed by atoms with Gasteiger partial charge in [-0.3, -0.25) is 0 Å². The SMILES string of the molecule is COc1ncccc1C1OCCO1. The van der Waals surface area contributed by atoms with Gasteiger partial charge in [-0.05, 0) is 12.1 Å². The van der Waals surface area contributed by atoms with Crippen molar-refractivity contribution in [3.63, 3.8) is 0 Å². The summed E-state index contributed by atoms with van der Waals surface area (Å²) in [4.78, 5) is 4.06. The topological polar surface area (TPSA) is 40.6 Å². The first kappa shape index (κ1) is 8.47. The van der Waals surface area contributed by atoms with Crippen LogP contribution >= 0.6 is 0 Å². The summed E-state index contributed by atoms with van der Waals surface area (Å²) in [6, 6.07) is 3.73. The minimum Gasteiger partial charge on any atom is -0.481 e. The number of nitrogens with zero attached hydrogens (tertiary/aromatic N) is 1. The van der Waals surface area contributed by atoms with Gasteiger partial charge in [0, 0.05) is 6.20 Å². The summed E-state index contributed by atoms with van der Waals surface area (Å²) in [5.41, 5.74) is 0.850. The lowest BCUT2D eigenvalue weighted by Crippen LogP contribution is -2.02. The lowest BCUT2D eigenvalue weighted by Gasteiger charge is -2.11. The molecule has 0 aromatic carbocycles. The number of pyridine rings is 1. The molecule has 1 saturated heterocycles. The highest BCUT2D eigenvalue weighted by Gasteiger charge is 2.22. The quantitative estimate of drug-likeness (QED) is 0.685. The minimum absolute atomic E-state index is 0.316. The van der Waals surface area contributed by atoms with Crippen molar-refractivity contribution in [1.82, 2.24) is 4.98 Å². The Hall–Kier alpha value is -1.13. The molecule has 0 N–H and O–H groups in total. The third-order valence-electron chi connectivity index (χ3n) is 1.87. The van der Waals surface area contributed by atoms with Crippen LogP contribution in [0.2, 0.25) is 0 Å². The maximum absolute atomic E-state index is 5.34. The van der Waals surface area contributed by atoms with E-state index in [9.17, 15) is 0 Å². The maximum atomic E-state index is 5.34. The molecule has 1 aromatic rings. The molecule has 1 aromatic heterocycles. The first-order valence-electron chi connectivity index (χ1n) is 4.14. The molecule has 1 aliphatic rings. The van der Waals surface area contributed by atoms with Gasteiger partial charge < -0.3 is 14.2 Å². The van der Waals surface area contributed by atoms with Gasteiger partial charge in [0.05, 0.1) is 25.9 Å². The molecule has 0 bridgehead atoms. The Labute approximate surface area is 76.4 Å². The zero-order valence-corrected chi connectivity index (χ0v) is 7.40. The average molecular weight is 181 g/mol. The van der Waals surface area contributed by atoms with Crippen LogP contribution < -0.4 is 4.74 Å². The molecule has 1 fully saturated rings. The Morgan fingerprint density at radius 1 is 1.46 bits per heavy atom. The van der Waals surface area contributed by atoms with Crippen molar-refractivity contribution in [1.29, 1.82) is 0 Å². The van der Waals surface area contributed by atoms with Crippen LogP contribution in [0.25, 0.3) is 0 Å². The van der Waals surface area contributed by atoms with E-state index in [4.69, 9.17) is 14.2 Å². The number of methoxy groups -OCH3 is 1. The van der Waals surface area contributed by atoms with Gasteiger partial charge in [0.15, 0.2) is 6.29 Å². The summed E-state index contributed by atoms with van der Waals surface area (Å²) >= 11 is 0. The molecule has 0 radical (unpaired) electrons. The van der Waals surface area contributed by atoms with Crippen molar-refractivity contribution in [3.8, 4) is 5.88 Å². The van der Waals surface area contributed by atoms with Crippen LogP contribution in [0.5, 0.6) is 5.88 Å². The van der Waals surface area contributed by atoms with Crippen LogP contribution in [0.1, 0.15) is 11.9 Å². The molecule has 0 atom stereocenters. The molecule has 0 spiro atoms. The third-order valence-corrected chi connectivity index (χ3v) is 1.87. The second-order valence-corrected chi connectivity index (χ2v) is 2.68. The highest BCUT2D eigenvalue weighted by molar-refractivity contribution is 5.26. The normalized spacial score (nSPS) is 17.6. The van der Waals surface area contributed by atoms with E-state index < -0.39 is 0 Å². The van der Waals surface area contributed by atoms with E-state index in [0.29, 0.717) is 19.1 Å². The lowest BCUT2D eigenvalue weighted by molar-refractivity contribution is -0.0458. The summed E-state index contributed by atoms with van der Waals surface area (Å²) in [6.07, 6.45) is 1.36. The first-order valence-corrected chi connectivity index (χ1v) is 4.14. The molecule has 70 valence electrons. The van der Waals surface area contributed by atoms with E-state index in [2.05, 4.69) is 4.98 Å². The molecule has 0 amide bonds. The molecule has 0 aliphatic carbocycles. The molecular formula is C9H11NO3. The Bertz CT molecular complexity index is 284. The molecular weight excluding hydrogens is 170 g/mol. The van der Waals surface area contributed by atoms with Gasteiger partial charge in [-0.25, -0.2) is 4.98 Å². The van der Waals surface area contributed by atoms with E-state index in [-0.39, 0.29) is 6.29 Å². The number of hydrogen-bond acceptors (Lipinski definition) is 4. The Morgan fingerprint density at radius 3 is 2.92 bits per heavy atom. The molecule has 0 unspecified atom stereocenters. The van der Waals surface area contributed by atoms with Crippen LogP contribution in [-0.2, 0) is 9.47 Å². The van der Waals surface area contributed by atoms with Crippen molar-refractivity contribution in [2.75, 3.05) is 20.3 Å². The summed E-state index contributed by atoms with van der Waals surface area (Å²) < 4.78 is 15.8. The van der Waals surface area contributed by atoms with Crippen LogP contribution in [-0.4, -0.2) is 25.3 Å². The second-order valence-electron chi connectivity index (χ2n) is 2.68. The lowest BCUT2D eigenvalue weighted by atomic mass is 10.2. The van der Waals surface area contributed by atoms with Crippen LogP contribution in [0.15, 0.2) is 18.3 Å². The molecule has 1 aliphatic heterocycles. The number of hydrogen-bond donors (Lipinski definition) is 0. The van der Waals surface area contributed by atoms with Gasteiger partial charge in [-0.2, -0.15) is 0 Å². The third kappa shape index (κ3) is 1.64. The van der Waals surface area contributed by atoms with Crippen molar-refractivity contribution in [2.45, 2.75) is 6.29 Å². The first-order chi connectivity index (χ1) is 6.42. The standard InChI is InChI=1S/C9H11NO3/c1-11-8-7(3-2-4-10-8)9-12-5-6-13-9/h2-4,9H,5-6H2,1H3. The number of aromatic nitrogens is 1. The fourth-order valence-electron chi connectivity index (χ4n) is 1.29. The Kier molecular flexibility index (Phi) is 2.42. The van der Waals surface area contributed by atoms with Crippen LogP contribution in [0.4, 0.5) is 0 Å². The zero-order chi connectivity index (χ0) is 9.10. The fourth-order valence-corrected chi connectivity index (χ4v) is 1.29. The maximum Gasteiger partial charge on any atom is 0.221 e. The van der Waals surface area contributed by atoms with Gasteiger partial charge in [0.1, 0.15) is 0 Å². The Balaban J connectivity index is 2.26. The van der Waals surface area contributed by atoms with Crippen molar-refractivity contribution in [3.05, 3.63) is 23.9 Å². The monoisotopic (exact) mass is 181 g/mol. The number of rotatable bonds is 2. The van der Waals surface area contributed by atoms with Gasteiger partial charge in [0.2, 0.25) is 5.88 Å². The van der Waals surface area contributed by atoms with E-state index in [1.165, 1.54) is 0 Å². The van der Waals surface area contributed by atoms with E-state index in [0.717, 1.165) is 5.56 Å². The highest BCUT2D eigenvalue weighted by atomic mass is 16.7. The number of ether oxygens (including phenoxy) is 3. The van der Waals surface area contributed by atoms with Gasteiger partial charge in [-0.1, -0.05) is 0 Å². The molecule has 4 nitrogen and oxygen atoms in total. The van der Waals surface area contributed by atoms with Crippen molar-refractivity contribution < 1.29 is 14.2 Å². The molecule has 4 heteroatoms. The highest BCUT2D eigenvalue weighted by Crippen LogP contribution is 2.28. The van der Waals surface area contributed by atoms with Crippen LogP contribution in [0.3, 0.4) is 0 Å². The molecule has 0 saturated carbocycles. The minimum atomic E-state index is -0.316. The van der Waals surface area contributed by atoms with Crippen molar-refractivity contribution in [2.24, 2.45) is 0 Å². The van der Waals surface area contributed by atoms with Crippen LogP contribution in [0, 0.1) is 0 Å². The summed E-state index contributed by atoms with van der Waals surface area (Å²) in [5.74, 6) is 0.564. The predicted molar refractivity (Wildman–Crippen MR) is 45.4 cm³/mol. The van der Waals surface area contributed by atoms with Gasteiger partial charge in [-0.15, -0.1) is 0 Å². The summed E-state index contributed by atoms with van der Waals surface area (Å²) in [5, 5.41) is 0. The fraction of sp³-hybridized carbons (Fsp3) is 0.444. The largest absolute Gasteiger partial charge is 0.481 e. The van der Waals surface area contributed by atoms with E-state index in [1.807, 2.05) is 12.1 Å². The Morgan fingerprint density at radius 2 is 2.23 bits per heavy atom. The van der Waals surface area contributed by atoms with Gasteiger partial charge >= 0.3 is 0 Å². The molecule has 13 heavy (non-hydrogen) atoms. The van der Waals surface area contributed by atoms with E-state index in [1.54, 1.807) is 13.3 Å². The van der Waals surface area contributed by atoms with E-state index >= 15 is 0 Å². The summed E-state index contributed by atoms with van der Waals surface area (Å²) in [7, 11) is 1.58.